The number of methoxy groups -OCH3 is 1. The van der Waals surface area contributed by atoms with Crippen LogP contribution in [-0.4, -0.2) is 33.4 Å². The lowest BCUT2D eigenvalue weighted by Crippen LogP contribution is -2.30. The molecule has 3 nitrogen and oxygen atoms in total. The Morgan fingerprint density at radius 2 is 1.95 bits per heavy atom. The summed E-state index contributed by atoms with van der Waals surface area (Å²) in [5.41, 5.74) is 4.53. The molecule has 0 heterocycles. The van der Waals surface area contributed by atoms with E-state index in [0.29, 0.717) is 38.7 Å². The van der Waals surface area contributed by atoms with Gasteiger partial charge in [-0.2, -0.15) is 13.2 Å². The van der Waals surface area contributed by atoms with E-state index in [1.807, 2.05) is 0 Å². The third-order valence-corrected chi connectivity index (χ3v) is 2.81. The SMILES string of the molecule is COCCN(CCCN)c1ccc(C(F)(F)F)cc1F. The van der Waals surface area contributed by atoms with Crippen LogP contribution in [0.3, 0.4) is 0 Å². The highest BCUT2D eigenvalue weighted by Gasteiger charge is 2.31. The Bertz CT molecular complexity index is 415. The van der Waals surface area contributed by atoms with E-state index < -0.39 is 17.6 Å². The van der Waals surface area contributed by atoms with Crippen molar-refractivity contribution in [3.05, 3.63) is 29.6 Å². The molecule has 0 radical (unpaired) electrons. The number of alkyl halides is 3. The molecule has 0 atom stereocenters. The smallest absolute Gasteiger partial charge is 0.383 e. The van der Waals surface area contributed by atoms with Crippen molar-refractivity contribution in [3.8, 4) is 0 Å². The molecule has 0 unspecified atom stereocenters. The van der Waals surface area contributed by atoms with Crippen LogP contribution in [0.4, 0.5) is 23.2 Å². The number of hydrogen-bond acceptors (Lipinski definition) is 3. The number of nitrogens with zero attached hydrogens (tertiary/aromatic N) is 1. The number of halogens is 4. The first-order valence-corrected chi connectivity index (χ1v) is 6.21. The summed E-state index contributed by atoms with van der Waals surface area (Å²) in [7, 11) is 1.50. The van der Waals surface area contributed by atoms with Crippen LogP contribution in [0, 0.1) is 5.82 Å². The lowest BCUT2D eigenvalue weighted by molar-refractivity contribution is -0.137. The van der Waals surface area contributed by atoms with Gasteiger partial charge in [0.15, 0.2) is 0 Å². The number of hydrogen-bond donors (Lipinski definition) is 1. The monoisotopic (exact) mass is 294 g/mol. The first-order chi connectivity index (χ1) is 9.40. The molecule has 114 valence electrons. The molecule has 0 aliphatic rings. The topological polar surface area (TPSA) is 38.5 Å². The number of rotatable bonds is 7. The van der Waals surface area contributed by atoms with E-state index in [1.54, 1.807) is 4.90 Å². The fourth-order valence-corrected chi connectivity index (χ4v) is 1.78. The Balaban J connectivity index is 2.95. The molecule has 0 aromatic heterocycles. The van der Waals surface area contributed by atoms with Gasteiger partial charge in [-0.3, -0.25) is 0 Å². The highest BCUT2D eigenvalue weighted by atomic mass is 19.4. The van der Waals surface area contributed by atoms with Crippen molar-refractivity contribution in [1.82, 2.24) is 0 Å². The maximum Gasteiger partial charge on any atom is 0.416 e. The predicted octanol–water partition coefficient (Wildman–Crippen LogP) is 2.65. The second-order valence-electron chi connectivity index (χ2n) is 4.29. The molecular formula is C13H18F4N2O. The van der Waals surface area contributed by atoms with Gasteiger partial charge in [-0.1, -0.05) is 0 Å². The average molecular weight is 294 g/mol. The Kier molecular flexibility index (Phi) is 6.22. The maximum absolute atomic E-state index is 13.9. The zero-order valence-electron chi connectivity index (χ0n) is 11.2. The third-order valence-electron chi connectivity index (χ3n) is 2.81. The van der Waals surface area contributed by atoms with Crippen molar-refractivity contribution >= 4 is 5.69 Å². The van der Waals surface area contributed by atoms with E-state index in [1.165, 1.54) is 7.11 Å². The van der Waals surface area contributed by atoms with Gasteiger partial charge in [0, 0.05) is 20.2 Å². The summed E-state index contributed by atoms with van der Waals surface area (Å²) in [5.74, 6) is -0.895. The minimum atomic E-state index is -4.55. The molecule has 2 N–H and O–H groups in total. The van der Waals surface area contributed by atoms with Crippen molar-refractivity contribution in [3.63, 3.8) is 0 Å². The van der Waals surface area contributed by atoms with Gasteiger partial charge in [-0.15, -0.1) is 0 Å². The van der Waals surface area contributed by atoms with Crippen LogP contribution in [0.2, 0.25) is 0 Å². The quantitative estimate of drug-likeness (QED) is 0.786. The van der Waals surface area contributed by atoms with Gasteiger partial charge in [0.05, 0.1) is 17.9 Å². The van der Waals surface area contributed by atoms with E-state index in [-0.39, 0.29) is 5.69 Å². The molecule has 1 aromatic rings. The van der Waals surface area contributed by atoms with Gasteiger partial charge in [0.25, 0.3) is 0 Å². The molecule has 0 aliphatic carbocycles. The zero-order valence-corrected chi connectivity index (χ0v) is 11.2. The fraction of sp³-hybridized carbons (Fsp3) is 0.538. The standard InChI is InChI=1S/C13H18F4N2O/c1-20-8-7-19(6-2-5-18)12-4-3-10(9-11(12)14)13(15,16)17/h3-4,9H,2,5-8,18H2,1H3. The van der Waals surface area contributed by atoms with Crippen LogP contribution in [0.1, 0.15) is 12.0 Å². The number of benzene rings is 1. The summed E-state index contributed by atoms with van der Waals surface area (Å²) >= 11 is 0. The molecule has 20 heavy (non-hydrogen) atoms. The van der Waals surface area contributed by atoms with E-state index >= 15 is 0 Å². The number of nitrogens with two attached hydrogens (primary N) is 1. The number of ether oxygens (including phenoxy) is 1. The van der Waals surface area contributed by atoms with Gasteiger partial charge in [-0.05, 0) is 31.2 Å². The van der Waals surface area contributed by atoms with Crippen molar-refractivity contribution in [1.29, 1.82) is 0 Å². The molecule has 0 saturated carbocycles. The molecule has 0 aliphatic heterocycles. The van der Waals surface area contributed by atoms with Crippen LogP contribution in [0.25, 0.3) is 0 Å². The van der Waals surface area contributed by atoms with Crippen molar-refractivity contribution in [2.45, 2.75) is 12.6 Å². The van der Waals surface area contributed by atoms with Crippen molar-refractivity contribution < 1.29 is 22.3 Å². The molecule has 7 heteroatoms. The molecule has 0 fully saturated rings. The number of anilines is 1. The highest BCUT2D eigenvalue weighted by Crippen LogP contribution is 2.32. The summed E-state index contributed by atoms with van der Waals surface area (Å²) in [6, 6.07) is 2.53. The first-order valence-electron chi connectivity index (χ1n) is 6.21. The third kappa shape index (κ3) is 4.64. The summed E-state index contributed by atoms with van der Waals surface area (Å²) in [6.07, 6.45) is -3.93. The van der Waals surface area contributed by atoms with Crippen molar-refractivity contribution in [2.75, 3.05) is 38.3 Å². The van der Waals surface area contributed by atoms with Crippen LogP contribution >= 0.6 is 0 Å². The molecular weight excluding hydrogens is 276 g/mol. The lowest BCUT2D eigenvalue weighted by atomic mass is 10.1. The van der Waals surface area contributed by atoms with Gasteiger partial charge >= 0.3 is 6.18 Å². The molecule has 1 rings (SSSR count). The van der Waals surface area contributed by atoms with Gasteiger partial charge < -0.3 is 15.4 Å². The second kappa shape index (κ2) is 7.44. The van der Waals surface area contributed by atoms with E-state index in [2.05, 4.69) is 0 Å². The molecule has 0 bridgehead atoms. The average Bonchev–Trinajstić information content (AvgIpc) is 2.38. The van der Waals surface area contributed by atoms with Gasteiger partial charge in [0.1, 0.15) is 5.82 Å². The molecule has 1 aromatic carbocycles. The summed E-state index contributed by atoms with van der Waals surface area (Å²) < 4.78 is 56.3. The van der Waals surface area contributed by atoms with Crippen LogP contribution in [0.5, 0.6) is 0 Å². The van der Waals surface area contributed by atoms with Crippen LogP contribution < -0.4 is 10.6 Å². The minimum Gasteiger partial charge on any atom is -0.383 e. The maximum atomic E-state index is 13.9. The second-order valence-corrected chi connectivity index (χ2v) is 4.29. The predicted molar refractivity (Wildman–Crippen MR) is 69.2 cm³/mol. The van der Waals surface area contributed by atoms with Gasteiger partial charge in [0.2, 0.25) is 0 Å². The minimum absolute atomic E-state index is 0.128. The van der Waals surface area contributed by atoms with E-state index in [9.17, 15) is 17.6 Å². The van der Waals surface area contributed by atoms with Crippen molar-refractivity contribution in [2.24, 2.45) is 5.73 Å². The zero-order chi connectivity index (χ0) is 15.2. The summed E-state index contributed by atoms with van der Waals surface area (Å²) in [6.45, 7) is 1.62. The molecule has 0 saturated heterocycles. The first kappa shape index (κ1) is 16.7. The Hall–Kier alpha value is -1.34. The summed E-state index contributed by atoms with van der Waals surface area (Å²) in [4.78, 5) is 1.63. The Morgan fingerprint density at radius 3 is 2.45 bits per heavy atom. The van der Waals surface area contributed by atoms with E-state index in [4.69, 9.17) is 10.5 Å². The largest absolute Gasteiger partial charge is 0.416 e. The normalized spacial score (nSPS) is 11.7. The fourth-order valence-electron chi connectivity index (χ4n) is 1.78. The molecule has 0 spiro atoms. The highest BCUT2D eigenvalue weighted by molar-refractivity contribution is 5.49. The van der Waals surface area contributed by atoms with Crippen LogP contribution in [0.15, 0.2) is 18.2 Å². The van der Waals surface area contributed by atoms with E-state index in [0.717, 1.165) is 12.1 Å². The van der Waals surface area contributed by atoms with Gasteiger partial charge in [-0.25, -0.2) is 4.39 Å². The molecule has 0 amide bonds. The lowest BCUT2D eigenvalue weighted by Gasteiger charge is -2.25. The van der Waals surface area contributed by atoms with Crippen LogP contribution in [-0.2, 0) is 10.9 Å². The Morgan fingerprint density at radius 1 is 1.25 bits per heavy atom. The Labute approximate surface area is 115 Å². The summed E-state index contributed by atoms with van der Waals surface area (Å²) in [5, 5.41) is 0.